The Labute approximate surface area is 184 Å². The van der Waals surface area contributed by atoms with Gasteiger partial charge in [0.1, 0.15) is 5.60 Å². The molecule has 2 aliphatic rings. The van der Waals surface area contributed by atoms with Crippen LogP contribution >= 0.6 is 0 Å². The predicted molar refractivity (Wildman–Crippen MR) is 118 cm³/mol. The third-order valence-electron chi connectivity index (χ3n) is 5.91. The van der Waals surface area contributed by atoms with Gasteiger partial charge < -0.3 is 20.8 Å². The number of nitrogens with zero attached hydrogens (tertiary/aromatic N) is 4. The van der Waals surface area contributed by atoms with Crippen molar-refractivity contribution < 1.29 is 13.9 Å². The van der Waals surface area contributed by atoms with Gasteiger partial charge in [0.05, 0.1) is 5.39 Å². The Morgan fingerprint density at radius 3 is 2.62 bits per heavy atom. The number of nitrogens with two attached hydrogens (primary N) is 1. The molecule has 1 saturated carbocycles. The van der Waals surface area contributed by atoms with Crippen molar-refractivity contribution in [3.05, 3.63) is 32.7 Å². The number of halogens is 1. The smallest absolute Gasteiger partial charge is 0.407 e. The van der Waals surface area contributed by atoms with Gasteiger partial charge in [-0.1, -0.05) is 0 Å². The van der Waals surface area contributed by atoms with Crippen molar-refractivity contribution >= 4 is 22.9 Å². The largest absolute Gasteiger partial charge is 0.444 e. The van der Waals surface area contributed by atoms with Crippen molar-refractivity contribution in [3.63, 3.8) is 0 Å². The molecule has 3 N–H and O–H groups in total. The fourth-order valence-electron chi connectivity index (χ4n) is 4.12. The Balaban J connectivity index is 1.59. The number of carbonyl (C=O) groups excluding carboxylic acids is 1. The second-order valence-corrected chi connectivity index (χ2v) is 9.65. The highest BCUT2D eigenvalue weighted by Crippen LogP contribution is 2.36. The lowest BCUT2D eigenvalue weighted by Gasteiger charge is -2.25. The van der Waals surface area contributed by atoms with Crippen molar-refractivity contribution in [1.29, 1.82) is 0 Å². The van der Waals surface area contributed by atoms with E-state index in [0.717, 1.165) is 25.3 Å². The zero-order valence-electron chi connectivity index (χ0n) is 18.7. The molecule has 32 heavy (non-hydrogen) atoms. The summed E-state index contributed by atoms with van der Waals surface area (Å²) >= 11 is 0. The first kappa shape index (κ1) is 22.1. The lowest BCUT2D eigenvalue weighted by Crippen LogP contribution is -2.45. The van der Waals surface area contributed by atoms with Gasteiger partial charge in [0.15, 0.2) is 17.3 Å². The van der Waals surface area contributed by atoms with Crippen molar-refractivity contribution in [2.75, 3.05) is 23.8 Å². The van der Waals surface area contributed by atoms with Crippen LogP contribution in [-0.4, -0.2) is 45.1 Å². The minimum absolute atomic E-state index is 0.0176. The summed E-state index contributed by atoms with van der Waals surface area (Å²) in [5, 5.41) is 2.83. The van der Waals surface area contributed by atoms with Gasteiger partial charge in [-0.2, -0.15) is 4.68 Å². The van der Waals surface area contributed by atoms with Crippen LogP contribution in [0.15, 0.2) is 15.7 Å². The van der Waals surface area contributed by atoms with Crippen LogP contribution in [0.3, 0.4) is 0 Å². The zero-order valence-corrected chi connectivity index (χ0v) is 18.7. The molecule has 1 aliphatic carbocycles. The Hall–Kier alpha value is -3.11. The molecular weight excluding hydrogens is 419 g/mol. The SMILES string of the molecule is CC(NC(=O)OC(C)(C)C)[C@@H]1CCN(c2nc3c(cc2F)c(=O)n(N)c(=O)n3C2CC2)C1. The van der Waals surface area contributed by atoms with E-state index in [0.29, 0.717) is 17.8 Å². The normalized spacial score (nSPS) is 19.9. The van der Waals surface area contributed by atoms with Crippen molar-refractivity contribution in [2.45, 2.75) is 64.6 Å². The van der Waals surface area contributed by atoms with Crippen LogP contribution in [0, 0.1) is 11.7 Å². The van der Waals surface area contributed by atoms with Gasteiger partial charge in [0, 0.05) is 25.2 Å². The van der Waals surface area contributed by atoms with Crippen LogP contribution in [0.4, 0.5) is 15.0 Å². The van der Waals surface area contributed by atoms with Crippen LogP contribution in [-0.2, 0) is 4.74 Å². The highest BCUT2D eigenvalue weighted by Gasteiger charge is 2.33. The molecule has 3 heterocycles. The lowest BCUT2D eigenvalue weighted by molar-refractivity contribution is 0.0494. The van der Waals surface area contributed by atoms with Crippen LogP contribution < -0.4 is 27.3 Å². The molecule has 0 bridgehead atoms. The van der Waals surface area contributed by atoms with Gasteiger partial charge in [0.25, 0.3) is 5.56 Å². The summed E-state index contributed by atoms with van der Waals surface area (Å²) in [7, 11) is 0. The van der Waals surface area contributed by atoms with Gasteiger partial charge in [0.2, 0.25) is 0 Å². The standard InChI is InChI=1S/C21H29FN6O4/c1-11(24-19(30)32-21(2,3)4)12-7-8-26(10-12)17-15(22)9-14-16(25-17)27(13-5-6-13)20(31)28(23)18(14)29/h9,11-13H,5-8,10,23H2,1-4H3,(H,24,30)/t11?,12-/m1/s1. The third-order valence-corrected chi connectivity index (χ3v) is 5.91. The molecule has 0 aromatic carbocycles. The number of pyridine rings is 1. The number of hydrogen-bond acceptors (Lipinski definition) is 7. The minimum Gasteiger partial charge on any atom is -0.444 e. The molecular formula is C21H29FN6O4. The van der Waals surface area contributed by atoms with E-state index >= 15 is 0 Å². The second-order valence-electron chi connectivity index (χ2n) is 9.65. The number of alkyl carbamates (subject to hydrolysis) is 1. The zero-order chi connectivity index (χ0) is 23.4. The van der Waals surface area contributed by atoms with E-state index in [4.69, 9.17) is 10.6 Å². The second kappa shape index (κ2) is 7.79. The van der Waals surface area contributed by atoms with Gasteiger partial charge in [-0.05, 0) is 58.9 Å². The first-order chi connectivity index (χ1) is 15.0. The number of nitrogen functional groups attached to an aromatic ring is 1. The number of anilines is 1. The Bertz CT molecular complexity index is 1180. The fraction of sp³-hybridized carbons (Fsp3) is 0.619. The average molecular weight is 448 g/mol. The Morgan fingerprint density at radius 2 is 2.00 bits per heavy atom. The minimum atomic E-state index is -0.769. The first-order valence-corrected chi connectivity index (χ1v) is 10.8. The predicted octanol–water partition coefficient (Wildman–Crippen LogP) is 1.49. The molecule has 1 aliphatic heterocycles. The highest BCUT2D eigenvalue weighted by molar-refractivity contribution is 5.77. The number of rotatable bonds is 4. The summed E-state index contributed by atoms with van der Waals surface area (Å²) in [4.78, 5) is 43.3. The van der Waals surface area contributed by atoms with E-state index in [1.165, 1.54) is 4.57 Å². The maximum atomic E-state index is 15.0. The topological polar surface area (TPSA) is 124 Å². The van der Waals surface area contributed by atoms with E-state index in [2.05, 4.69) is 10.3 Å². The van der Waals surface area contributed by atoms with Crippen molar-refractivity contribution in [3.8, 4) is 0 Å². The molecule has 4 rings (SSSR count). The van der Waals surface area contributed by atoms with Gasteiger partial charge in [-0.3, -0.25) is 9.36 Å². The van der Waals surface area contributed by atoms with E-state index in [1.807, 2.05) is 6.92 Å². The summed E-state index contributed by atoms with van der Waals surface area (Å²) in [5.41, 5.74) is -1.86. The van der Waals surface area contributed by atoms with Gasteiger partial charge >= 0.3 is 11.8 Å². The number of amides is 1. The monoisotopic (exact) mass is 448 g/mol. The van der Waals surface area contributed by atoms with E-state index in [1.54, 1.807) is 25.7 Å². The van der Waals surface area contributed by atoms with Crippen LogP contribution in [0.1, 0.15) is 53.0 Å². The van der Waals surface area contributed by atoms with E-state index in [9.17, 15) is 18.8 Å². The van der Waals surface area contributed by atoms with E-state index in [-0.39, 0.29) is 34.9 Å². The summed E-state index contributed by atoms with van der Waals surface area (Å²) in [6.45, 7) is 8.27. The van der Waals surface area contributed by atoms with Gasteiger partial charge in [-0.15, -0.1) is 0 Å². The Morgan fingerprint density at radius 1 is 1.31 bits per heavy atom. The molecule has 10 nitrogen and oxygen atoms in total. The van der Waals surface area contributed by atoms with E-state index < -0.39 is 28.8 Å². The summed E-state index contributed by atoms with van der Waals surface area (Å²) < 4.78 is 22.2. The first-order valence-electron chi connectivity index (χ1n) is 10.8. The van der Waals surface area contributed by atoms with Crippen molar-refractivity contribution in [1.82, 2.24) is 19.5 Å². The molecule has 2 atom stereocenters. The lowest BCUT2D eigenvalue weighted by atomic mass is 10.0. The summed E-state index contributed by atoms with van der Waals surface area (Å²) in [6, 6.07) is 0.834. The number of hydrogen-bond donors (Lipinski definition) is 2. The fourth-order valence-corrected chi connectivity index (χ4v) is 4.12. The molecule has 0 spiro atoms. The van der Waals surface area contributed by atoms with Crippen LogP contribution in [0.5, 0.6) is 0 Å². The van der Waals surface area contributed by atoms with Crippen LogP contribution in [0.25, 0.3) is 11.0 Å². The molecule has 1 unspecified atom stereocenters. The third kappa shape index (κ3) is 4.15. The molecule has 2 fully saturated rings. The molecule has 2 aromatic rings. The van der Waals surface area contributed by atoms with Crippen LogP contribution in [0.2, 0.25) is 0 Å². The number of carbonyl (C=O) groups is 1. The highest BCUT2D eigenvalue weighted by atomic mass is 19.1. The molecule has 0 radical (unpaired) electrons. The van der Waals surface area contributed by atoms with Gasteiger partial charge in [-0.25, -0.2) is 19.0 Å². The maximum absolute atomic E-state index is 15.0. The maximum Gasteiger partial charge on any atom is 0.407 e. The average Bonchev–Trinajstić information content (AvgIpc) is 3.40. The summed E-state index contributed by atoms with van der Waals surface area (Å²) in [5.74, 6) is 5.12. The number of nitrogens with one attached hydrogen (secondary N) is 1. The number of fused-ring (bicyclic) bond motifs is 1. The van der Waals surface area contributed by atoms with Crippen molar-refractivity contribution in [2.24, 2.45) is 5.92 Å². The molecule has 1 amide bonds. The molecule has 1 saturated heterocycles. The molecule has 2 aromatic heterocycles. The number of aromatic nitrogens is 3. The summed E-state index contributed by atoms with van der Waals surface area (Å²) in [6.07, 6.45) is 1.78. The number of ether oxygens (including phenoxy) is 1. The molecule has 11 heteroatoms. The Kier molecular flexibility index (Phi) is 5.38. The quantitative estimate of drug-likeness (QED) is 0.679. The molecule has 174 valence electrons.